The maximum Gasteiger partial charge on any atom is 0.200 e. The molecule has 0 spiro atoms. The van der Waals surface area contributed by atoms with Gasteiger partial charge in [0.15, 0.2) is 11.5 Å². The van der Waals surface area contributed by atoms with Crippen LogP contribution >= 0.6 is 0 Å². The minimum atomic E-state index is -0.0635. The molecule has 0 unspecified atom stereocenters. The SMILES string of the molecule is CCCN1COc2ccc3c(=O)c(-c4ccc(OC)c(OC)c4)c(C)oc3c2C1. The highest BCUT2D eigenvalue weighted by molar-refractivity contribution is 5.87. The van der Waals surface area contributed by atoms with Crippen molar-refractivity contribution in [3.8, 4) is 28.4 Å². The summed E-state index contributed by atoms with van der Waals surface area (Å²) in [7, 11) is 3.16. The van der Waals surface area contributed by atoms with Gasteiger partial charge in [0.2, 0.25) is 5.43 Å². The van der Waals surface area contributed by atoms with Crippen molar-refractivity contribution in [3.63, 3.8) is 0 Å². The van der Waals surface area contributed by atoms with Crippen LogP contribution in [-0.4, -0.2) is 32.4 Å². The van der Waals surface area contributed by atoms with Crippen molar-refractivity contribution < 1.29 is 18.6 Å². The molecule has 3 aromatic rings. The third-order valence-electron chi connectivity index (χ3n) is 5.29. The Morgan fingerprint density at radius 3 is 2.62 bits per heavy atom. The zero-order valence-corrected chi connectivity index (χ0v) is 17.2. The van der Waals surface area contributed by atoms with E-state index in [4.69, 9.17) is 18.6 Å². The molecule has 0 aliphatic carbocycles. The van der Waals surface area contributed by atoms with Crippen LogP contribution in [0.15, 0.2) is 39.5 Å². The fraction of sp³-hybridized carbons (Fsp3) is 0.348. The van der Waals surface area contributed by atoms with Crippen LogP contribution in [-0.2, 0) is 6.54 Å². The predicted octanol–water partition coefficient (Wildman–Crippen LogP) is 4.35. The van der Waals surface area contributed by atoms with Gasteiger partial charge in [-0.15, -0.1) is 0 Å². The molecular weight excluding hydrogens is 370 g/mol. The van der Waals surface area contributed by atoms with Crippen molar-refractivity contribution in [2.45, 2.75) is 26.8 Å². The molecule has 1 aliphatic heterocycles. The maximum absolute atomic E-state index is 13.4. The highest BCUT2D eigenvalue weighted by atomic mass is 16.5. The van der Waals surface area contributed by atoms with Gasteiger partial charge in [0.25, 0.3) is 0 Å². The van der Waals surface area contributed by atoms with E-state index in [-0.39, 0.29) is 5.43 Å². The minimum absolute atomic E-state index is 0.0635. The zero-order valence-electron chi connectivity index (χ0n) is 17.2. The number of rotatable bonds is 5. The van der Waals surface area contributed by atoms with Crippen molar-refractivity contribution in [2.24, 2.45) is 0 Å². The number of ether oxygens (including phenoxy) is 3. The fourth-order valence-electron chi connectivity index (χ4n) is 3.90. The number of benzene rings is 2. The Balaban J connectivity index is 1.88. The standard InChI is InChI=1S/C23H25NO5/c1-5-10-24-12-17-18(28-13-24)9-7-16-22(25)21(14(2)29-23(16)17)15-6-8-19(26-3)20(11-15)27-4/h6-9,11H,5,10,12-13H2,1-4H3. The van der Waals surface area contributed by atoms with E-state index in [1.807, 2.05) is 19.1 Å². The summed E-state index contributed by atoms with van der Waals surface area (Å²) in [6.07, 6.45) is 1.04. The molecule has 6 nitrogen and oxygen atoms in total. The van der Waals surface area contributed by atoms with Crippen molar-refractivity contribution in [1.82, 2.24) is 4.90 Å². The Bertz CT molecular complexity index is 1120. The quantitative estimate of drug-likeness (QED) is 0.640. The van der Waals surface area contributed by atoms with Crippen LogP contribution in [0.1, 0.15) is 24.7 Å². The van der Waals surface area contributed by atoms with E-state index >= 15 is 0 Å². The summed E-state index contributed by atoms with van der Waals surface area (Å²) in [5, 5.41) is 0.557. The lowest BCUT2D eigenvalue weighted by molar-refractivity contribution is 0.0958. The lowest BCUT2D eigenvalue weighted by atomic mass is 10.00. The number of methoxy groups -OCH3 is 2. The van der Waals surface area contributed by atoms with Crippen LogP contribution in [0.4, 0.5) is 0 Å². The molecule has 0 saturated heterocycles. The van der Waals surface area contributed by atoms with E-state index in [2.05, 4.69) is 11.8 Å². The molecule has 6 heteroatoms. The first-order valence-corrected chi connectivity index (χ1v) is 9.74. The first-order valence-electron chi connectivity index (χ1n) is 9.74. The molecule has 0 saturated carbocycles. The molecule has 0 fully saturated rings. The summed E-state index contributed by atoms with van der Waals surface area (Å²) in [6, 6.07) is 9.09. The predicted molar refractivity (Wildman–Crippen MR) is 112 cm³/mol. The monoisotopic (exact) mass is 395 g/mol. The molecule has 0 bridgehead atoms. The van der Waals surface area contributed by atoms with Crippen LogP contribution in [0.5, 0.6) is 17.2 Å². The molecule has 152 valence electrons. The number of nitrogens with zero attached hydrogens (tertiary/aromatic N) is 1. The van der Waals surface area contributed by atoms with Gasteiger partial charge < -0.3 is 18.6 Å². The second-order valence-corrected chi connectivity index (χ2v) is 7.18. The largest absolute Gasteiger partial charge is 0.493 e. The first-order chi connectivity index (χ1) is 14.1. The van der Waals surface area contributed by atoms with Gasteiger partial charge in [-0.05, 0) is 43.2 Å². The normalized spacial score (nSPS) is 13.8. The zero-order chi connectivity index (χ0) is 20.5. The summed E-state index contributed by atoms with van der Waals surface area (Å²) in [6.45, 7) is 6.15. The van der Waals surface area contributed by atoms with Gasteiger partial charge in [-0.2, -0.15) is 0 Å². The number of aryl methyl sites for hydroxylation is 1. The highest BCUT2D eigenvalue weighted by Crippen LogP contribution is 2.36. The van der Waals surface area contributed by atoms with Gasteiger partial charge in [0.1, 0.15) is 23.8 Å². The minimum Gasteiger partial charge on any atom is -0.493 e. The van der Waals surface area contributed by atoms with Gasteiger partial charge in [0, 0.05) is 13.1 Å². The van der Waals surface area contributed by atoms with E-state index in [0.717, 1.165) is 29.8 Å². The summed E-state index contributed by atoms with van der Waals surface area (Å²) in [4.78, 5) is 15.6. The molecule has 1 aliphatic rings. The molecule has 2 heterocycles. The van der Waals surface area contributed by atoms with Crippen LogP contribution in [0.25, 0.3) is 22.1 Å². The average Bonchev–Trinajstić information content (AvgIpc) is 2.73. The lowest BCUT2D eigenvalue weighted by Crippen LogP contribution is -2.32. The van der Waals surface area contributed by atoms with Crippen LogP contribution in [0, 0.1) is 6.92 Å². The van der Waals surface area contributed by atoms with Crippen LogP contribution < -0.4 is 19.6 Å². The molecule has 0 N–H and O–H groups in total. The van der Waals surface area contributed by atoms with Crippen molar-refractivity contribution in [1.29, 1.82) is 0 Å². The Morgan fingerprint density at radius 2 is 1.90 bits per heavy atom. The summed E-state index contributed by atoms with van der Waals surface area (Å²) in [5.41, 5.74) is 2.74. The number of hydrogen-bond donors (Lipinski definition) is 0. The fourth-order valence-corrected chi connectivity index (χ4v) is 3.90. The molecular formula is C23H25NO5. The van der Waals surface area contributed by atoms with Crippen LogP contribution in [0.2, 0.25) is 0 Å². The van der Waals surface area contributed by atoms with Crippen molar-refractivity contribution in [2.75, 3.05) is 27.5 Å². The maximum atomic E-state index is 13.4. The average molecular weight is 395 g/mol. The van der Waals surface area contributed by atoms with Crippen molar-refractivity contribution in [3.05, 3.63) is 51.9 Å². The molecule has 1 aromatic heterocycles. The van der Waals surface area contributed by atoms with E-state index in [0.29, 0.717) is 47.1 Å². The van der Waals surface area contributed by atoms with Crippen LogP contribution in [0.3, 0.4) is 0 Å². The third kappa shape index (κ3) is 3.34. The second kappa shape index (κ2) is 7.79. The summed E-state index contributed by atoms with van der Waals surface area (Å²) < 4.78 is 22.8. The smallest absolute Gasteiger partial charge is 0.200 e. The first kappa shape index (κ1) is 19.3. The topological polar surface area (TPSA) is 61.1 Å². The molecule has 4 rings (SSSR count). The Kier molecular flexibility index (Phi) is 5.20. The second-order valence-electron chi connectivity index (χ2n) is 7.18. The Hall–Kier alpha value is -2.99. The van der Waals surface area contributed by atoms with Gasteiger partial charge in [0.05, 0.1) is 30.7 Å². The van der Waals surface area contributed by atoms with Gasteiger partial charge >= 0.3 is 0 Å². The lowest BCUT2D eigenvalue weighted by Gasteiger charge is -2.29. The summed E-state index contributed by atoms with van der Waals surface area (Å²) >= 11 is 0. The van der Waals surface area contributed by atoms with Gasteiger partial charge in [-0.1, -0.05) is 13.0 Å². The van der Waals surface area contributed by atoms with E-state index in [9.17, 15) is 4.79 Å². The molecule has 0 amide bonds. The summed E-state index contributed by atoms with van der Waals surface area (Å²) in [5.74, 6) is 2.53. The number of hydrogen-bond acceptors (Lipinski definition) is 6. The van der Waals surface area contributed by atoms with Gasteiger partial charge in [-0.3, -0.25) is 9.69 Å². The van der Waals surface area contributed by atoms with Crippen molar-refractivity contribution >= 4 is 11.0 Å². The molecule has 0 atom stereocenters. The van der Waals surface area contributed by atoms with Gasteiger partial charge in [-0.25, -0.2) is 0 Å². The highest BCUT2D eigenvalue weighted by Gasteiger charge is 2.23. The third-order valence-corrected chi connectivity index (χ3v) is 5.29. The molecule has 29 heavy (non-hydrogen) atoms. The Morgan fingerprint density at radius 1 is 1.10 bits per heavy atom. The Labute approximate surface area is 169 Å². The molecule has 2 aromatic carbocycles. The van der Waals surface area contributed by atoms with E-state index in [1.54, 1.807) is 32.4 Å². The van der Waals surface area contributed by atoms with E-state index in [1.165, 1.54) is 0 Å². The van der Waals surface area contributed by atoms with E-state index < -0.39 is 0 Å². The number of fused-ring (bicyclic) bond motifs is 3. The molecule has 0 radical (unpaired) electrons.